The summed E-state index contributed by atoms with van der Waals surface area (Å²) < 4.78 is 0. The molecule has 0 bridgehead atoms. The largest absolute Gasteiger partial charge is 0.398 e. The predicted molar refractivity (Wildman–Crippen MR) is 39.7 cm³/mol. The minimum absolute atomic E-state index is 0.460. The third-order valence-electron chi connectivity index (χ3n) is 1.59. The minimum atomic E-state index is 0.460. The van der Waals surface area contributed by atoms with Gasteiger partial charge in [0, 0.05) is 5.70 Å². The van der Waals surface area contributed by atoms with E-state index in [2.05, 4.69) is 13.0 Å². The topological polar surface area (TPSA) is 49.8 Å². The lowest BCUT2D eigenvalue weighted by molar-refractivity contribution is 0.724. The van der Waals surface area contributed by atoms with Crippen molar-refractivity contribution in [2.75, 3.05) is 0 Å². The molecule has 0 amide bonds. The van der Waals surface area contributed by atoms with E-state index in [-0.39, 0.29) is 0 Å². The van der Waals surface area contributed by atoms with Gasteiger partial charge in [-0.25, -0.2) is 0 Å². The van der Waals surface area contributed by atoms with Gasteiger partial charge in [-0.1, -0.05) is 19.1 Å². The van der Waals surface area contributed by atoms with Gasteiger partial charge in [-0.2, -0.15) is 5.26 Å². The SMILES string of the molecule is CC1C=C(C#N)C(N)=CC1. The predicted octanol–water partition coefficient (Wildman–Crippen LogP) is 1.32. The van der Waals surface area contributed by atoms with Crippen LogP contribution in [-0.4, -0.2) is 0 Å². The van der Waals surface area contributed by atoms with Gasteiger partial charge >= 0.3 is 0 Å². The van der Waals surface area contributed by atoms with E-state index < -0.39 is 0 Å². The highest BCUT2D eigenvalue weighted by Gasteiger charge is 2.08. The van der Waals surface area contributed by atoms with E-state index in [1.165, 1.54) is 0 Å². The van der Waals surface area contributed by atoms with Crippen molar-refractivity contribution in [3.05, 3.63) is 23.4 Å². The Morgan fingerprint density at radius 1 is 1.80 bits per heavy atom. The molecule has 0 aromatic carbocycles. The number of nitrogens with zero attached hydrogens (tertiary/aromatic N) is 1. The van der Waals surface area contributed by atoms with E-state index in [4.69, 9.17) is 11.0 Å². The van der Waals surface area contributed by atoms with Gasteiger partial charge in [-0.05, 0) is 12.3 Å². The van der Waals surface area contributed by atoms with E-state index in [1.807, 2.05) is 12.2 Å². The zero-order valence-electron chi connectivity index (χ0n) is 5.96. The molecule has 52 valence electrons. The lowest BCUT2D eigenvalue weighted by Crippen LogP contribution is -2.06. The van der Waals surface area contributed by atoms with Crippen LogP contribution in [-0.2, 0) is 0 Å². The molecule has 1 rings (SSSR count). The molecule has 0 radical (unpaired) electrons. The molecule has 0 saturated carbocycles. The normalized spacial score (nSPS) is 24.6. The smallest absolute Gasteiger partial charge is 0.101 e. The summed E-state index contributed by atoms with van der Waals surface area (Å²) in [7, 11) is 0. The first-order valence-electron chi connectivity index (χ1n) is 3.32. The van der Waals surface area contributed by atoms with Gasteiger partial charge in [0.05, 0.1) is 5.57 Å². The summed E-state index contributed by atoms with van der Waals surface area (Å²) in [5.74, 6) is 0.460. The standard InChI is InChI=1S/C8H10N2/c1-6-2-3-8(10)7(4-6)5-9/h3-4,6H,2,10H2,1H3. The maximum absolute atomic E-state index is 8.54. The quantitative estimate of drug-likeness (QED) is 0.543. The molecule has 0 fully saturated rings. The molecule has 0 aromatic rings. The second kappa shape index (κ2) is 2.57. The summed E-state index contributed by atoms with van der Waals surface area (Å²) in [6, 6.07) is 2.05. The molecule has 1 aliphatic carbocycles. The molecule has 2 N–H and O–H groups in total. The van der Waals surface area contributed by atoms with Gasteiger partial charge < -0.3 is 5.73 Å². The van der Waals surface area contributed by atoms with Crippen molar-refractivity contribution < 1.29 is 0 Å². The van der Waals surface area contributed by atoms with Gasteiger partial charge in [0.15, 0.2) is 0 Å². The van der Waals surface area contributed by atoms with E-state index in [0.29, 0.717) is 17.2 Å². The molecule has 2 heteroatoms. The summed E-state index contributed by atoms with van der Waals surface area (Å²) in [4.78, 5) is 0. The molecular formula is C8H10N2. The molecule has 1 aliphatic rings. The van der Waals surface area contributed by atoms with Gasteiger partial charge in [-0.15, -0.1) is 0 Å². The van der Waals surface area contributed by atoms with Gasteiger partial charge in [0.2, 0.25) is 0 Å². The van der Waals surface area contributed by atoms with Crippen molar-refractivity contribution >= 4 is 0 Å². The summed E-state index contributed by atoms with van der Waals surface area (Å²) in [5.41, 5.74) is 6.77. The first-order chi connectivity index (χ1) is 4.74. The van der Waals surface area contributed by atoms with Crippen LogP contribution < -0.4 is 5.73 Å². The Bertz CT molecular complexity index is 230. The van der Waals surface area contributed by atoms with Crippen LogP contribution in [0.3, 0.4) is 0 Å². The third-order valence-corrected chi connectivity index (χ3v) is 1.59. The first-order valence-corrected chi connectivity index (χ1v) is 3.32. The van der Waals surface area contributed by atoms with Crippen LogP contribution in [0.4, 0.5) is 0 Å². The Morgan fingerprint density at radius 3 is 3.00 bits per heavy atom. The van der Waals surface area contributed by atoms with E-state index >= 15 is 0 Å². The molecule has 0 heterocycles. The number of nitrogens with two attached hydrogens (primary N) is 1. The molecule has 0 aliphatic heterocycles. The Balaban J connectivity index is 2.87. The fourth-order valence-corrected chi connectivity index (χ4v) is 0.973. The average Bonchev–Trinajstić information content (AvgIpc) is 1.94. The van der Waals surface area contributed by atoms with Crippen molar-refractivity contribution in [1.82, 2.24) is 0 Å². The Morgan fingerprint density at radius 2 is 2.50 bits per heavy atom. The van der Waals surface area contributed by atoms with E-state index in [9.17, 15) is 0 Å². The number of allylic oxidation sites excluding steroid dienone is 3. The van der Waals surface area contributed by atoms with Crippen LogP contribution in [0.2, 0.25) is 0 Å². The summed E-state index contributed by atoms with van der Waals surface area (Å²) >= 11 is 0. The van der Waals surface area contributed by atoms with Crippen molar-refractivity contribution in [3.8, 4) is 6.07 Å². The van der Waals surface area contributed by atoms with Crippen molar-refractivity contribution in [1.29, 1.82) is 5.26 Å². The molecule has 10 heavy (non-hydrogen) atoms. The minimum Gasteiger partial charge on any atom is -0.398 e. The van der Waals surface area contributed by atoms with Crippen LogP contribution in [0.1, 0.15) is 13.3 Å². The highest BCUT2D eigenvalue weighted by Crippen LogP contribution is 2.18. The Kier molecular flexibility index (Phi) is 1.77. The maximum atomic E-state index is 8.54. The summed E-state index contributed by atoms with van der Waals surface area (Å²) in [5, 5.41) is 8.54. The van der Waals surface area contributed by atoms with E-state index in [1.54, 1.807) is 0 Å². The second-order valence-electron chi connectivity index (χ2n) is 2.56. The number of nitriles is 1. The lowest BCUT2D eigenvalue weighted by Gasteiger charge is -2.10. The molecule has 1 atom stereocenters. The van der Waals surface area contributed by atoms with Crippen molar-refractivity contribution in [2.24, 2.45) is 11.7 Å². The van der Waals surface area contributed by atoms with Gasteiger partial charge in [0.25, 0.3) is 0 Å². The van der Waals surface area contributed by atoms with Crippen LogP contribution in [0.5, 0.6) is 0 Å². The van der Waals surface area contributed by atoms with Gasteiger partial charge in [0.1, 0.15) is 6.07 Å². The van der Waals surface area contributed by atoms with Crippen molar-refractivity contribution in [3.63, 3.8) is 0 Å². The highest BCUT2D eigenvalue weighted by atomic mass is 14.6. The first kappa shape index (κ1) is 6.88. The van der Waals surface area contributed by atoms with E-state index in [0.717, 1.165) is 6.42 Å². The molecule has 1 unspecified atom stereocenters. The Hall–Kier alpha value is -1.23. The number of rotatable bonds is 0. The molecular weight excluding hydrogens is 124 g/mol. The zero-order valence-corrected chi connectivity index (χ0v) is 5.96. The Labute approximate surface area is 60.6 Å². The molecule has 0 spiro atoms. The molecule has 2 nitrogen and oxygen atoms in total. The number of hydrogen-bond acceptors (Lipinski definition) is 2. The van der Waals surface area contributed by atoms with Crippen LogP contribution in [0.25, 0.3) is 0 Å². The number of hydrogen-bond donors (Lipinski definition) is 1. The highest BCUT2D eigenvalue weighted by molar-refractivity contribution is 5.42. The van der Waals surface area contributed by atoms with Crippen molar-refractivity contribution in [2.45, 2.75) is 13.3 Å². The molecule has 0 saturated heterocycles. The molecule has 0 aromatic heterocycles. The second-order valence-corrected chi connectivity index (χ2v) is 2.56. The van der Waals surface area contributed by atoms with Gasteiger partial charge in [-0.3, -0.25) is 0 Å². The van der Waals surface area contributed by atoms with Crippen LogP contribution >= 0.6 is 0 Å². The average molecular weight is 134 g/mol. The fourth-order valence-electron chi connectivity index (χ4n) is 0.973. The fraction of sp³-hybridized carbons (Fsp3) is 0.375. The monoisotopic (exact) mass is 134 g/mol. The zero-order chi connectivity index (χ0) is 7.56. The summed E-state index contributed by atoms with van der Waals surface area (Å²) in [6.45, 7) is 2.07. The van der Waals surface area contributed by atoms with Crippen LogP contribution in [0.15, 0.2) is 23.4 Å². The lowest BCUT2D eigenvalue weighted by atomic mass is 9.96. The maximum Gasteiger partial charge on any atom is 0.101 e. The third kappa shape index (κ3) is 1.19. The summed E-state index contributed by atoms with van der Waals surface area (Å²) in [6.07, 6.45) is 4.77. The van der Waals surface area contributed by atoms with Crippen LogP contribution in [0, 0.1) is 17.2 Å².